The summed E-state index contributed by atoms with van der Waals surface area (Å²) in [7, 11) is -3.32. The second-order valence-electron chi connectivity index (χ2n) is 4.51. The molecular weight excluding hydrogens is 318 g/mol. The molecule has 1 heterocycles. The number of carboxylic acids is 1. The number of hydrogen-bond acceptors (Lipinski definition) is 5. The van der Waals surface area contributed by atoms with Crippen molar-refractivity contribution < 1.29 is 23.1 Å². The van der Waals surface area contributed by atoms with Gasteiger partial charge in [0.15, 0.2) is 0 Å². The summed E-state index contributed by atoms with van der Waals surface area (Å²) in [5.74, 6) is 0.566. The molecule has 8 nitrogen and oxygen atoms in total. The molecule has 21 heavy (non-hydrogen) atoms. The second-order valence-corrected chi connectivity index (χ2v) is 7.82. The highest BCUT2D eigenvalue weighted by molar-refractivity contribution is 7.99. The molecule has 0 aliphatic carbocycles. The van der Waals surface area contributed by atoms with Crippen LogP contribution in [0.1, 0.15) is 12.8 Å². The highest BCUT2D eigenvalue weighted by Crippen LogP contribution is 2.12. The Morgan fingerprint density at radius 2 is 1.76 bits per heavy atom. The number of nitrogens with one attached hydrogen (secondary N) is 2. The summed E-state index contributed by atoms with van der Waals surface area (Å²) in [5, 5.41) is 13.4. The van der Waals surface area contributed by atoms with Crippen molar-refractivity contribution in [2.75, 3.05) is 43.4 Å². The van der Waals surface area contributed by atoms with E-state index in [0.717, 1.165) is 11.5 Å². The van der Waals surface area contributed by atoms with E-state index in [-0.39, 0.29) is 25.3 Å². The van der Waals surface area contributed by atoms with Crippen LogP contribution in [0.2, 0.25) is 0 Å². The van der Waals surface area contributed by atoms with Gasteiger partial charge < -0.3 is 15.7 Å². The molecule has 0 atom stereocenters. The number of carbonyl (C=O) groups excluding carboxylic acids is 1. The molecule has 1 rings (SSSR count). The van der Waals surface area contributed by atoms with Gasteiger partial charge in [-0.25, -0.2) is 17.5 Å². The largest absolute Gasteiger partial charge is 0.481 e. The summed E-state index contributed by atoms with van der Waals surface area (Å²) in [4.78, 5) is 21.6. The number of urea groups is 1. The van der Waals surface area contributed by atoms with E-state index in [2.05, 4.69) is 10.6 Å². The third-order valence-corrected chi connectivity index (χ3v) is 5.68. The van der Waals surface area contributed by atoms with E-state index in [9.17, 15) is 18.0 Å². The van der Waals surface area contributed by atoms with Crippen molar-refractivity contribution in [3.8, 4) is 0 Å². The normalized spacial score (nSPS) is 16.4. The first-order valence-electron chi connectivity index (χ1n) is 6.71. The van der Waals surface area contributed by atoms with Gasteiger partial charge in [0.2, 0.25) is 10.0 Å². The smallest absolute Gasteiger partial charge is 0.314 e. The summed E-state index contributed by atoms with van der Waals surface area (Å²) in [6, 6.07) is -0.482. The molecule has 0 saturated carbocycles. The molecule has 3 N–H and O–H groups in total. The van der Waals surface area contributed by atoms with Crippen molar-refractivity contribution in [2.45, 2.75) is 12.8 Å². The third-order valence-electron chi connectivity index (χ3n) is 2.86. The van der Waals surface area contributed by atoms with Crippen LogP contribution in [0.15, 0.2) is 0 Å². The van der Waals surface area contributed by atoms with Gasteiger partial charge in [-0.05, 0) is 6.42 Å². The summed E-state index contributed by atoms with van der Waals surface area (Å²) in [6.07, 6.45) is 0.328. The van der Waals surface area contributed by atoms with Crippen molar-refractivity contribution in [3.63, 3.8) is 0 Å². The molecular formula is C11H21N3O5S2. The fourth-order valence-corrected chi connectivity index (χ4v) is 4.24. The average molecular weight is 339 g/mol. The number of sulfonamides is 1. The number of aliphatic carboxylic acids is 1. The Labute approximate surface area is 128 Å². The van der Waals surface area contributed by atoms with E-state index in [0.29, 0.717) is 19.5 Å². The molecule has 2 amide bonds. The molecule has 1 fully saturated rings. The van der Waals surface area contributed by atoms with Gasteiger partial charge in [-0.2, -0.15) is 11.8 Å². The van der Waals surface area contributed by atoms with Crippen LogP contribution in [-0.4, -0.2) is 73.3 Å². The van der Waals surface area contributed by atoms with Crippen molar-refractivity contribution in [1.29, 1.82) is 0 Å². The summed E-state index contributed by atoms with van der Waals surface area (Å²) in [5.41, 5.74) is 0. The van der Waals surface area contributed by atoms with Gasteiger partial charge in [0.1, 0.15) is 0 Å². The van der Waals surface area contributed by atoms with Gasteiger partial charge in [0.05, 0.1) is 5.75 Å². The number of rotatable bonds is 8. The Morgan fingerprint density at radius 1 is 1.14 bits per heavy atom. The summed E-state index contributed by atoms with van der Waals surface area (Å²) < 4.78 is 25.4. The molecule has 1 saturated heterocycles. The Kier molecular flexibility index (Phi) is 7.83. The maximum Gasteiger partial charge on any atom is 0.314 e. The second kappa shape index (κ2) is 9.11. The highest BCUT2D eigenvalue weighted by atomic mass is 32.2. The van der Waals surface area contributed by atoms with Gasteiger partial charge in [-0.1, -0.05) is 0 Å². The molecule has 0 aromatic heterocycles. The van der Waals surface area contributed by atoms with E-state index >= 15 is 0 Å². The highest BCUT2D eigenvalue weighted by Gasteiger charge is 2.23. The lowest BCUT2D eigenvalue weighted by atomic mass is 10.3. The number of hydrogen-bond donors (Lipinski definition) is 3. The Hall–Kier alpha value is -1.00. The lowest BCUT2D eigenvalue weighted by molar-refractivity contribution is -0.137. The summed E-state index contributed by atoms with van der Waals surface area (Å²) >= 11 is 1.73. The molecule has 0 bridgehead atoms. The zero-order valence-electron chi connectivity index (χ0n) is 11.7. The summed E-state index contributed by atoms with van der Waals surface area (Å²) in [6.45, 7) is 1.33. The van der Waals surface area contributed by atoms with Gasteiger partial charge in [-0.3, -0.25) is 4.79 Å². The predicted molar refractivity (Wildman–Crippen MR) is 81.0 cm³/mol. The van der Waals surface area contributed by atoms with Crippen LogP contribution in [0.5, 0.6) is 0 Å². The topological polar surface area (TPSA) is 116 Å². The van der Waals surface area contributed by atoms with E-state index in [1.807, 2.05) is 0 Å². The van der Waals surface area contributed by atoms with E-state index in [4.69, 9.17) is 5.11 Å². The van der Waals surface area contributed by atoms with Crippen LogP contribution in [0.3, 0.4) is 0 Å². The Bertz CT molecular complexity index is 449. The minimum absolute atomic E-state index is 0.0123. The van der Waals surface area contributed by atoms with Crippen LogP contribution < -0.4 is 10.6 Å². The maximum atomic E-state index is 12.0. The SMILES string of the molecule is O=C(O)CCCNC(=O)NCCS(=O)(=O)N1CCSCC1. The van der Waals surface area contributed by atoms with Crippen LogP contribution in [0, 0.1) is 0 Å². The fraction of sp³-hybridized carbons (Fsp3) is 0.818. The van der Waals surface area contributed by atoms with Gasteiger partial charge >= 0.3 is 12.0 Å². The first-order chi connectivity index (χ1) is 9.92. The molecule has 1 aliphatic heterocycles. The lowest BCUT2D eigenvalue weighted by Gasteiger charge is -2.25. The molecule has 0 radical (unpaired) electrons. The van der Waals surface area contributed by atoms with E-state index in [1.54, 1.807) is 11.8 Å². The maximum absolute atomic E-state index is 12.0. The molecule has 0 unspecified atom stereocenters. The molecule has 10 heteroatoms. The minimum Gasteiger partial charge on any atom is -0.481 e. The first-order valence-corrected chi connectivity index (χ1v) is 9.47. The van der Waals surface area contributed by atoms with E-state index in [1.165, 1.54) is 4.31 Å². The zero-order chi connectivity index (χ0) is 15.7. The predicted octanol–water partition coefficient (Wildman–Crippen LogP) is -0.471. The minimum atomic E-state index is -3.32. The number of nitrogens with zero attached hydrogens (tertiary/aromatic N) is 1. The van der Waals surface area contributed by atoms with Crippen LogP contribution >= 0.6 is 11.8 Å². The monoisotopic (exact) mass is 339 g/mol. The van der Waals surface area contributed by atoms with Crippen LogP contribution in [0.4, 0.5) is 4.79 Å². The average Bonchev–Trinajstić information content (AvgIpc) is 2.44. The Morgan fingerprint density at radius 3 is 2.38 bits per heavy atom. The van der Waals surface area contributed by atoms with Crippen molar-refractivity contribution in [3.05, 3.63) is 0 Å². The Balaban J connectivity index is 2.16. The fourth-order valence-electron chi connectivity index (χ4n) is 1.75. The number of amides is 2. The molecule has 0 aromatic rings. The standard InChI is InChI=1S/C11H21N3O5S2/c15-10(16)2-1-3-12-11(17)13-4-9-21(18,19)14-5-7-20-8-6-14/h1-9H2,(H,15,16)(H2,12,13,17). The van der Waals surface area contributed by atoms with E-state index < -0.39 is 22.0 Å². The molecule has 122 valence electrons. The molecule has 0 spiro atoms. The number of carboxylic acid groups (broad SMARTS) is 1. The van der Waals surface area contributed by atoms with Crippen LogP contribution in [-0.2, 0) is 14.8 Å². The van der Waals surface area contributed by atoms with Crippen molar-refractivity contribution >= 4 is 33.8 Å². The van der Waals surface area contributed by atoms with Crippen molar-refractivity contribution in [1.82, 2.24) is 14.9 Å². The third kappa shape index (κ3) is 7.53. The van der Waals surface area contributed by atoms with Gasteiger partial charge in [-0.15, -0.1) is 0 Å². The van der Waals surface area contributed by atoms with Gasteiger partial charge in [0, 0.05) is 44.1 Å². The molecule has 0 aromatic carbocycles. The number of thioether (sulfide) groups is 1. The van der Waals surface area contributed by atoms with Crippen molar-refractivity contribution in [2.24, 2.45) is 0 Å². The lowest BCUT2D eigenvalue weighted by Crippen LogP contribution is -2.43. The van der Waals surface area contributed by atoms with Crippen LogP contribution in [0.25, 0.3) is 0 Å². The van der Waals surface area contributed by atoms with Gasteiger partial charge in [0.25, 0.3) is 0 Å². The zero-order valence-corrected chi connectivity index (χ0v) is 13.3. The number of carbonyl (C=O) groups is 2. The first kappa shape index (κ1) is 18.1. The quantitative estimate of drug-likeness (QED) is 0.515. The molecule has 1 aliphatic rings.